The van der Waals surface area contributed by atoms with Gasteiger partial charge >= 0.3 is 0 Å². The number of anilines is 1. The van der Waals surface area contributed by atoms with E-state index in [0.717, 1.165) is 25.0 Å². The van der Waals surface area contributed by atoms with E-state index in [4.69, 9.17) is 9.47 Å². The summed E-state index contributed by atoms with van der Waals surface area (Å²) in [7, 11) is -4.00. The molecule has 1 aliphatic heterocycles. The second kappa shape index (κ2) is 9.44. The number of hydrogen-bond acceptors (Lipinski definition) is 5. The summed E-state index contributed by atoms with van der Waals surface area (Å²) in [5.41, 5.74) is 0.402. The van der Waals surface area contributed by atoms with Gasteiger partial charge < -0.3 is 14.8 Å². The van der Waals surface area contributed by atoms with Crippen LogP contribution in [0.1, 0.15) is 37.0 Å². The third-order valence-corrected chi connectivity index (χ3v) is 6.60. The molecule has 162 valence electrons. The Morgan fingerprint density at radius 3 is 2.43 bits per heavy atom. The first-order valence-electron chi connectivity index (χ1n) is 9.87. The van der Waals surface area contributed by atoms with Crippen LogP contribution in [0.2, 0.25) is 0 Å². The Labute approximate surface area is 175 Å². The number of halogens is 1. The minimum Gasteiger partial charge on any atom is -0.494 e. The van der Waals surface area contributed by atoms with Crippen molar-refractivity contribution in [3.8, 4) is 11.5 Å². The monoisotopic (exact) mass is 436 g/mol. The van der Waals surface area contributed by atoms with Gasteiger partial charge in [0.15, 0.2) is 0 Å². The molecule has 3 rings (SSSR count). The molecule has 1 fully saturated rings. The number of carbonyl (C=O) groups is 1. The molecule has 1 saturated heterocycles. The van der Waals surface area contributed by atoms with Gasteiger partial charge in [-0.25, -0.2) is 12.8 Å². The molecule has 0 spiro atoms. The van der Waals surface area contributed by atoms with Gasteiger partial charge in [-0.3, -0.25) is 4.79 Å². The molecule has 0 unspecified atom stereocenters. The highest BCUT2D eigenvalue weighted by Crippen LogP contribution is 2.30. The molecular weight excluding hydrogens is 411 g/mol. The Morgan fingerprint density at radius 2 is 1.77 bits per heavy atom. The van der Waals surface area contributed by atoms with Crippen molar-refractivity contribution in [3.05, 3.63) is 47.8 Å². The molecule has 0 saturated carbocycles. The molecule has 2 aromatic rings. The first kappa shape index (κ1) is 22.0. The SMILES string of the molecule is CCOc1ccc(OCC)c(NC(=O)c2ccc(F)c(S(=O)(=O)N3CCCC3)c2)c1. The molecule has 1 amide bonds. The minimum atomic E-state index is -4.00. The van der Waals surface area contributed by atoms with Crippen molar-refractivity contribution < 1.29 is 27.1 Å². The van der Waals surface area contributed by atoms with Crippen LogP contribution in [0.25, 0.3) is 0 Å². The third-order valence-electron chi connectivity index (χ3n) is 4.69. The zero-order chi connectivity index (χ0) is 21.7. The number of nitrogens with one attached hydrogen (secondary N) is 1. The summed E-state index contributed by atoms with van der Waals surface area (Å²) in [5.74, 6) is -0.469. The van der Waals surface area contributed by atoms with Crippen molar-refractivity contribution >= 4 is 21.6 Å². The van der Waals surface area contributed by atoms with Crippen LogP contribution < -0.4 is 14.8 Å². The molecule has 1 heterocycles. The third kappa shape index (κ3) is 4.73. The number of carbonyl (C=O) groups excluding carboxylic acids is 1. The summed E-state index contributed by atoms with van der Waals surface area (Å²) in [6, 6.07) is 8.35. The highest BCUT2D eigenvalue weighted by atomic mass is 32.2. The molecule has 0 atom stereocenters. The highest BCUT2D eigenvalue weighted by Gasteiger charge is 2.30. The van der Waals surface area contributed by atoms with Crippen molar-refractivity contribution in [1.29, 1.82) is 0 Å². The fourth-order valence-corrected chi connectivity index (χ4v) is 4.86. The van der Waals surface area contributed by atoms with Crippen molar-refractivity contribution in [1.82, 2.24) is 4.31 Å². The fourth-order valence-electron chi connectivity index (χ4n) is 3.25. The summed E-state index contributed by atoms with van der Waals surface area (Å²) in [4.78, 5) is 12.3. The molecule has 9 heteroatoms. The van der Waals surface area contributed by atoms with Crippen LogP contribution in [0.4, 0.5) is 10.1 Å². The van der Waals surface area contributed by atoms with E-state index in [1.807, 2.05) is 13.8 Å². The summed E-state index contributed by atoms with van der Waals surface area (Å²) in [6.45, 7) is 5.20. The van der Waals surface area contributed by atoms with Crippen molar-refractivity contribution in [2.24, 2.45) is 0 Å². The van der Waals surface area contributed by atoms with Crippen molar-refractivity contribution in [3.63, 3.8) is 0 Å². The number of nitrogens with zero attached hydrogens (tertiary/aromatic N) is 1. The smallest absolute Gasteiger partial charge is 0.255 e. The highest BCUT2D eigenvalue weighted by molar-refractivity contribution is 7.89. The second-order valence-corrected chi connectivity index (χ2v) is 8.64. The van der Waals surface area contributed by atoms with E-state index in [2.05, 4.69) is 5.32 Å². The topological polar surface area (TPSA) is 84.9 Å². The second-order valence-electron chi connectivity index (χ2n) is 6.73. The largest absolute Gasteiger partial charge is 0.494 e. The van der Waals surface area contributed by atoms with Crippen LogP contribution in [0.3, 0.4) is 0 Å². The molecule has 30 heavy (non-hydrogen) atoms. The lowest BCUT2D eigenvalue weighted by molar-refractivity contribution is 0.102. The molecule has 1 N–H and O–H groups in total. The van der Waals surface area contributed by atoms with Crippen molar-refractivity contribution in [2.45, 2.75) is 31.6 Å². The average molecular weight is 437 g/mol. The van der Waals surface area contributed by atoms with E-state index in [-0.39, 0.29) is 5.56 Å². The normalized spacial score (nSPS) is 14.5. The van der Waals surface area contributed by atoms with Gasteiger partial charge in [-0.05, 0) is 57.0 Å². The van der Waals surface area contributed by atoms with Gasteiger partial charge in [0, 0.05) is 24.7 Å². The van der Waals surface area contributed by atoms with Crippen molar-refractivity contribution in [2.75, 3.05) is 31.6 Å². The lowest BCUT2D eigenvalue weighted by Gasteiger charge is -2.17. The van der Waals surface area contributed by atoms with E-state index < -0.39 is 26.6 Å². The van der Waals surface area contributed by atoms with E-state index in [0.29, 0.717) is 43.5 Å². The summed E-state index contributed by atoms with van der Waals surface area (Å²) >= 11 is 0. The Kier molecular flexibility index (Phi) is 6.94. The Bertz CT molecular complexity index is 1020. The summed E-state index contributed by atoms with van der Waals surface area (Å²) in [6.07, 6.45) is 1.47. The number of benzene rings is 2. The standard InChI is InChI=1S/C21H25FN2O5S/c1-3-28-16-8-10-19(29-4-2)18(14-16)23-21(25)15-7-9-17(22)20(13-15)30(26,27)24-11-5-6-12-24/h7-10,13-14H,3-6,11-12H2,1-2H3,(H,23,25). The van der Waals surface area contributed by atoms with E-state index >= 15 is 0 Å². The van der Waals surface area contributed by atoms with E-state index in [1.165, 1.54) is 10.4 Å². The number of hydrogen-bond donors (Lipinski definition) is 1. The van der Waals surface area contributed by atoms with Gasteiger partial charge in [0.05, 0.1) is 18.9 Å². The van der Waals surface area contributed by atoms with Crippen LogP contribution in [0.15, 0.2) is 41.3 Å². The maximum Gasteiger partial charge on any atom is 0.255 e. The molecular formula is C21H25FN2O5S. The molecule has 0 radical (unpaired) electrons. The molecule has 2 aromatic carbocycles. The molecule has 0 aromatic heterocycles. The fraction of sp³-hybridized carbons (Fsp3) is 0.381. The number of sulfonamides is 1. The maximum atomic E-state index is 14.3. The van der Waals surface area contributed by atoms with E-state index in [9.17, 15) is 17.6 Å². The number of ether oxygens (including phenoxy) is 2. The minimum absolute atomic E-state index is 0.0263. The molecule has 0 bridgehead atoms. The van der Waals surface area contributed by atoms with E-state index in [1.54, 1.807) is 18.2 Å². The van der Waals surface area contributed by atoms with Crippen LogP contribution in [0.5, 0.6) is 11.5 Å². The zero-order valence-electron chi connectivity index (χ0n) is 17.0. The Morgan fingerprint density at radius 1 is 1.07 bits per heavy atom. The predicted octanol–water partition coefficient (Wildman–Crippen LogP) is 3.66. The first-order valence-corrected chi connectivity index (χ1v) is 11.3. The molecule has 1 aliphatic rings. The Balaban J connectivity index is 1.90. The average Bonchev–Trinajstić information content (AvgIpc) is 3.26. The van der Waals surface area contributed by atoms with Gasteiger partial charge in [0.25, 0.3) is 5.91 Å². The quantitative estimate of drug-likeness (QED) is 0.683. The lowest BCUT2D eigenvalue weighted by Crippen LogP contribution is -2.29. The predicted molar refractivity (Wildman–Crippen MR) is 111 cm³/mol. The summed E-state index contributed by atoms with van der Waals surface area (Å²) < 4.78 is 52.1. The number of amides is 1. The van der Waals surface area contributed by atoms with Gasteiger partial charge in [0.2, 0.25) is 10.0 Å². The van der Waals surface area contributed by atoms with Gasteiger partial charge in [-0.15, -0.1) is 0 Å². The van der Waals surface area contributed by atoms with Crippen LogP contribution in [-0.4, -0.2) is 44.9 Å². The first-order chi connectivity index (χ1) is 14.4. The van der Waals surface area contributed by atoms with Gasteiger partial charge in [0.1, 0.15) is 22.2 Å². The van der Waals surface area contributed by atoms with Crippen LogP contribution in [0, 0.1) is 5.82 Å². The number of rotatable bonds is 8. The Hall–Kier alpha value is -2.65. The zero-order valence-corrected chi connectivity index (χ0v) is 17.8. The lowest BCUT2D eigenvalue weighted by atomic mass is 10.2. The summed E-state index contributed by atoms with van der Waals surface area (Å²) in [5, 5.41) is 2.70. The van der Waals surface area contributed by atoms with Crippen LogP contribution in [-0.2, 0) is 10.0 Å². The van der Waals surface area contributed by atoms with Gasteiger partial charge in [-0.2, -0.15) is 4.31 Å². The maximum absolute atomic E-state index is 14.3. The van der Waals surface area contributed by atoms with Gasteiger partial charge in [-0.1, -0.05) is 0 Å². The molecule has 0 aliphatic carbocycles. The molecule has 7 nitrogen and oxygen atoms in total. The van der Waals surface area contributed by atoms with Crippen LogP contribution >= 0.6 is 0 Å².